The largest absolute Gasteiger partial charge is 0.381 e. The number of carbonyl (C=O) groups excluding carboxylic acids is 1. The second-order valence-electron chi connectivity index (χ2n) is 7.21. The van der Waals surface area contributed by atoms with Gasteiger partial charge in [-0.1, -0.05) is 6.57 Å². The Labute approximate surface area is 147 Å². The molecule has 132 valence electrons. The van der Waals surface area contributed by atoms with Crippen LogP contribution in [0.2, 0.25) is 0 Å². The van der Waals surface area contributed by atoms with Gasteiger partial charge in [-0.05, 0) is 32.1 Å². The highest BCUT2D eigenvalue weighted by molar-refractivity contribution is 5.86. The topological polar surface area (TPSA) is 62.9 Å². The average Bonchev–Trinajstić information content (AvgIpc) is 2.98. The standard InChI is InChI=1S/C18H23N5O2/c1-19-15-16(21-8-7-20-15)22-9-2-5-18(13-22)6-10-23(17(18)24)14-3-11-25-12-4-14/h7-8,14H,2-6,9-13H2/t18-/m1/s1. The Morgan fingerprint density at radius 2 is 2.00 bits per heavy atom. The zero-order valence-corrected chi connectivity index (χ0v) is 14.4. The summed E-state index contributed by atoms with van der Waals surface area (Å²) in [4.78, 5) is 29.5. The summed E-state index contributed by atoms with van der Waals surface area (Å²) >= 11 is 0. The van der Waals surface area contributed by atoms with Crippen molar-refractivity contribution in [1.82, 2.24) is 14.9 Å². The van der Waals surface area contributed by atoms with Crippen LogP contribution in [0, 0.1) is 12.0 Å². The molecule has 25 heavy (non-hydrogen) atoms. The number of rotatable bonds is 2. The van der Waals surface area contributed by atoms with Gasteiger partial charge in [0.1, 0.15) is 6.20 Å². The fourth-order valence-electron chi connectivity index (χ4n) is 4.51. The number of ether oxygens (including phenoxy) is 1. The zero-order valence-electron chi connectivity index (χ0n) is 14.4. The summed E-state index contributed by atoms with van der Waals surface area (Å²) < 4.78 is 5.44. The fraction of sp³-hybridized carbons (Fsp3) is 0.667. The first-order valence-corrected chi connectivity index (χ1v) is 9.06. The second kappa shape index (κ2) is 6.60. The van der Waals surface area contributed by atoms with E-state index in [2.05, 4.69) is 24.6 Å². The minimum Gasteiger partial charge on any atom is -0.381 e. The van der Waals surface area contributed by atoms with Gasteiger partial charge in [0.25, 0.3) is 0 Å². The summed E-state index contributed by atoms with van der Waals surface area (Å²) in [6.07, 6.45) is 7.82. The third kappa shape index (κ3) is 2.85. The van der Waals surface area contributed by atoms with Gasteiger partial charge in [0.15, 0.2) is 5.82 Å². The van der Waals surface area contributed by atoms with E-state index in [1.807, 2.05) is 0 Å². The molecule has 0 bridgehead atoms. The molecule has 0 N–H and O–H groups in total. The third-order valence-corrected chi connectivity index (χ3v) is 5.82. The van der Waals surface area contributed by atoms with Gasteiger partial charge in [0, 0.05) is 38.9 Å². The summed E-state index contributed by atoms with van der Waals surface area (Å²) in [5.41, 5.74) is -0.326. The lowest BCUT2D eigenvalue weighted by Gasteiger charge is -2.40. The molecule has 4 heterocycles. The van der Waals surface area contributed by atoms with Crippen LogP contribution >= 0.6 is 0 Å². The molecule has 0 unspecified atom stereocenters. The monoisotopic (exact) mass is 341 g/mol. The maximum Gasteiger partial charge on any atom is 0.312 e. The molecule has 3 aliphatic heterocycles. The maximum absolute atomic E-state index is 13.3. The van der Waals surface area contributed by atoms with E-state index in [1.54, 1.807) is 12.4 Å². The Bertz CT molecular complexity index is 697. The predicted molar refractivity (Wildman–Crippen MR) is 92.3 cm³/mol. The summed E-state index contributed by atoms with van der Waals surface area (Å²) in [6.45, 7) is 11.1. The first-order chi connectivity index (χ1) is 12.2. The van der Waals surface area contributed by atoms with Crippen molar-refractivity contribution in [3.63, 3.8) is 0 Å². The lowest BCUT2D eigenvalue weighted by molar-refractivity contribution is -0.139. The Kier molecular flexibility index (Phi) is 4.30. The minimum atomic E-state index is -0.326. The van der Waals surface area contributed by atoms with Gasteiger partial charge in [-0.25, -0.2) is 4.98 Å². The molecule has 0 saturated carbocycles. The number of aromatic nitrogens is 2. The summed E-state index contributed by atoms with van der Waals surface area (Å²) in [6, 6.07) is 0.325. The van der Waals surface area contributed by atoms with Gasteiger partial charge in [-0.15, -0.1) is 4.98 Å². The first-order valence-electron chi connectivity index (χ1n) is 9.06. The van der Waals surface area contributed by atoms with Gasteiger partial charge in [-0.3, -0.25) is 4.79 Å². The van der Waals surface area contributed by atoms with Crippen molar-refractivity contribution in [2.45, 2.75) is 38.1 Å². The maximum atomic E-state index is 13.3. The molecule has 0 aromatic carbocycles. The van der Waals surface area contributed by atoms with Crippen LogP contribution in [0.25, 0.3) is 4.85 Å². The first kappa shape index (κ1) is 16.3. The van der Waals surface area contributed by atoms with Crippen LogP contribution in [-0.4, -0.2) is 59.7 Å². The van der Waals surface area contributed by atoms with Crippen molar-refractivity contribution < 1.29 is 9.53 Å². The number of likely N-dealkylation sites (tertiary alicyclic amines) is 1. The second-order valence-corrected chi connectivity index (χ2v) is 7.21. The molecule has 1 atom stereocenters. The lowest BCUT2D eigenvalue weighted by Crippen LogP contribution is -2.50. The Morgan fingerprint density at radius 3 is 2.80 bits per heavy atom. The molecule has 4 rings (SSSR count). The van der Waals surface area contributed by atoms with Crippen LogP contribution in [0.5, 0.6) is 0 Å². The van der Waals surface area contributed by atoms with E-state index in [4.69, 9.17) is 11.3 Å². The van der Waals surface area contributed by atoms with E-state index in [0.717, 1.165) is 58.4 Å². The van der Waals surface area contributed by atoms with Crippen molar-refractivity contribution >= 4 is 17.5 Å². The minimum absolute atomic E-state index is 0.289. The molecule has 1 aromatic rings. The fourth-order valence-corrected chi connectivity index (χ4v) is 4.51. The quantitative estimate of drug-likeness (QED) is 0.770. The molecule has 1 spiro atoms. The number of hydrogen-bond donors (Lipinski definition) is 0. The number of carbonyl (C=O) groups is 1. The SMILES string of the molecule is [C-]#[N+]c1nccnc1N1CCC[C@@]2(CCN(C3CCOCC3)C2=O)C1. The molecule has 1 amide bonds. The van der Waals surface area contributed by atoms with Crippen LogP contribution in [0.1, 0.15) is 32.1 Å². The summed E-state index contributed by atoms with van der Waals surface area (Å²) in [7, 11) is 0. The van der Waals surface area contributed by atoms with Crippen molar-refractivity contribution in [3.8, 4) is 0 Å². The Balaban J connectivity index is 1.54. The van der Waals surface area contributed by atoms with Crippen LogP contribution in [0.15, 0.2) is 12.4 Å². The molecule has 3 fully saturated rings. The van der Waals surface area contributed by atoms with E-state index in [0.29, 0.717) is 24.2 Å². The normalized spacial score (nSPS) is 27.7. The average molecular weight is 341 g/mol. The third-order valence-electron chi connectivity index (χ3n) is 5.82. The van der Waals surface area contributed by atoms with Crippen LogP contribution in [0.4, 0.5) is 11.6 Å². The smallest absolute Gasteiger partial charge is 0.312 e. The predicted octanol–water partition coefficient (Wildman–Crippen LogP) is 2.03. The van der Waals surface area contributed by atoms with Gasteiger partial charge < -0.3 is 19.4 Å². The Morgan fingerprint density at radius 1 is 1.20 bits per heavy atom. The molecule has 7 nitrogen and oxygen atoms in total. The molecule has 3 saturated heterocycles. The molecular weight excluding hydrogens is 318 g/mol. The highest BCUT2D eigenvalue weighted by atomic mass is 16.5. The number of anilines is 1. The van der Waals surface area contributed by atoms with Gasteiger partial charge in [0.2, 0.25) is 5.91 Å². The summed E-state index contributed by atoms with van der Waals surface area (Å²) in [5, 5.41) is 0. The number of piperidine rings is 1. The molecule has 0 aliphatic carbocycles. The van der Waals surface area contributed by atoms with Crippen molar-refractivity contribution in [2.24, 2.45) is 5.41 Å². The van der Waals surface area contributed by atoms with Crippen molar-refractivity contribution in [2.75, 3.05) is 37.7 Å². The molecular formula is C18H23N5O2. The van der Waals surface area contributed by atoms with Gasteiger partial charge >= 0.3 is 5.82 Å². The van der Waals surface area contributed by atoms with E-state index in [-0.39, 0.29) is 11.3 Å². The zero-order chi connectivity index (χ0) is 17.3. The Hall–Kier alpha value is -2.20. The number of hydrogen-bond acceptors (Lipinski definition) is 5. The number of nitrogens with zero attached hydrogens (tertiary/aromatic N) is 5. The number of amides is 1. The molecule has 3 aliphatic rings. The molecule has 7 heteroatoms. The van der Waals surface area contributed by atoms with E-state index < -0.39 is 0 Å². The van der Waals surface area contributed by atoms with Crippen molar-refractivity contribution in [1.29, 1.82) is 0 Å². The van der Waals surface area contributed by atoms with E-state index in [9.17, 15) is 4.79 Å². The van der Waals surface area contributed by atoms with Crippen LogP contribution < -0.4 is 4.90 Å². The van der Waals surface area contributed by atoms with E-state index in [1.165, 1.54) is 0 Å². The highest BCUT2D eigenvalue weighted by Crippen LogP contribution is 2.43. The molecule has 0 radical (unpaired) electrons. The molecule has 1 aromatic heterocycles. The van der Waals surface area contributed by atoms with Crippen LogP contribution in [0.3, 0.4) is 0 Å². The van der Waals surface area contributed by atoms with E-state index >= 15 is 0 Å². The van der Waals surface area contributed by atoms with Crippen LogP contribution in [-0.2, 0) is 9.53 Å². The summed E-state index contributed by atoms with van der Waals surface area (Å²) in [5.74, 6) is 1.23. The van der Waals surface area contributed by atoms with Crippen molar-refractivity contribution in [3.05, 3.63) is 23.8 Å². The highest BCUT2D eigenvalue weighted by Gasteiger charge is 2.50. The lowest BCUT2D eigenvalue weighted by atomic mass is 9.78. The van der Waals surface area contributed by atoms with Gasteiger partial charge in [0.05, 0.1) is 11.6 Å². The van der Waals surface area contributed by atoms with Gasteiger partial charge in [-0.2, -0.15) is 0 Å².